The molecule has 9 nitrogen and oxygen atoms in total. The highest BCUT2D eigenvalue weighted by Gasteiger charge is 2.57. The van der Waals surface area contributed by atoms with Crippen LogP contribution in [0.4, 0.5) is 0 Å². The summed E-state index contributed by atoms with van der Waals surface area (Å²) < 4.78 is 10.6. The molecule has 2 aliphatic rings. The molecular formula is C11H15NO8. The molecule has 2 aliphatic heterocycles. The van der Waals surface area contributed by atoms with Gasteiger partial charge in [-0.2, -0.15) is 0 Å². The van der Waals surface area contributed by atoms with E-state index in [2.05, 4.69) is 4.84 Å². The second-order valence-corrected chi connectivity index (χ2v) is 4.87. The molecule has 2 rings (SSSR count). The van der Waals surface area contributed by atoms with E-state index in [4.69, 9.17) is 9.47 Å². The molecule has 0 unspecified atom stereocenters. The van der Waals surface area contributed by atoms with E-state index < -0.39 is 35.0 Å². The number of hydrogen-bond donors (Lipinski definition) is 2. The highest BCUT2D eigenvalue weighted by Crippen LogP contribution is 2.39. The Bertz CT molecular complexity index is 475. The van der Waals surface area contributed by atoms with Gasteiger partial charge in [-0.05, 0) is 19.4 Å². The zero-order chi connectivity index (χ0) is 15.1. The van der Waals surface area contributed by atoms with Crippen molar-refractivity contribution in [2.24, 2.45) is 0 Å². The molecular weight excluding hydrogens is 274 g/mol. The fraction of sp³-hybridized carbons (Fsp3) is 0.727. The van der Waals surface area contributed by atoms with E-state index in [0.29, 0.717) is 0 Å². The van der Waals surface area contributed by atoms with Gasteiger partial charge in [-0.1, -0.05) is 0 Å². The molecule has 2 fully saturated rings. The molecule has 0 bridgehead atoms. The number of fused-ring (bicyclic) bond motifs is 1. The summed E-state index contributed by atoms with van der Waals surface area (Å²) in [6.07, 6.45) is -2.36. The number of carbonyl (C=O) groups excluding carboxylic acids is 1. The van der Waals surface area contributed by atoms with Gasteiger partial charge in [-0.3, -0.25) is 4.79 Å². The Hall–Kier alpha value is -1.55. The fourth-order valence-electron chi connectivity index (χ4n) is 2.44. The first-order valence-electron chi connectivity index (χ1n) is 5.95. The standard InChI is InChI=1S/C11H15NO8/c1-5(10(14)20-12(16)17)6(2)11(15)4-19-8-7(13)3-18-9(8)11/h7-9,13,15H,3-4H2,1-2H3/t7-,8+,9-,11+/m0/s1. The van der Waals surface area contributed by atoms with Gasteiger partial charge in [0.2, 0.25) is 0 Å². The highest BCUT2D eigenvalue weighted by atomic mass is 17.0. The van der Waals surface area contributed by atoms with Crippen molar-refractivity contribution in [3.63, 3.8) is 0 Å². The molecule has 20 heavy (non-hydrogen) atoms. The second-order valence-electron chi connectivity index (χ2n) is 4.87. The minimum atomic E-state index is -1.62. The van der Waals surface area contributed by atoms with Crippen molar-refractivity contribution in [3.8, 4) is 0 Å². The summed E-state index contributed by atoms with van der Waals surface area (Å²) in [6.45, 7) is 2.59. The molecule has 9 heteroatoms. The van der Waals surface area contributed by atoms with Crippen molar-refractivity contribution >= 4 is 5.97 Å². The zero-order valence-corrected chi connectivity index (χ0v) is 10.9. The monoisotopic (exact) mass is 289 g/mol. The Morgan fingerprint density at radius 2 is 2.10 bits per heavy atom. The summed E-state index contributed by atoms with van der Waals surface area (Å²) >= 11 is 0. The lowest BCUT2D eigenvalue weighted by atomic mass is 9.86. The topological polar surface area (TPSA) is 128 Å². The fourth-order valence-corrected chi connectivity index (χ4v) is 2.44. The second kappa shape index (κ2) is 5.09. The molecule has 0 radical (unpaired) electrons. The quantitative estimate of drug-likeness (QED) is 0.382. The number of carbonyl (C=O) groups is 1. The number of aliphatic hydroxyl groups is 2. The molecule has 4 atom stereocenters. The third-order valence-electron chi connectivity index (χ3n) is 3.77. The summed E-state index contributed by atoms with van der Waals surface area (Å²) in [5, 5.41) is 29.2. The van der Waals surface area contributed by atoms with E-state index in [0.717, 1.165) is 0 Å². The number of nitrogens with zero attached hydrogens (tertiary/aromatic N) is 1. The number of aliphatic hydroxyl groups excluding tert-OH is 1. The van der Waals surface area contributed by atoms with Gasteiger partial charge in [0.25, 0.3) is 0 Å². The van der Waals surface area contributed by atoms with Crippen LogP contribution in [0.25, 0.3) is 0 Å². The molecule has 2 saturated heterocycles. The van der Waals surface area contributed by atoms with Gasteiger partial charge in [-0.25, -0.2) is 4.84 Å². The summed E-state index contributed by atoms with van der Waals surface area (Å²) in [7, 11) is 0. The molecule has 0 amide bonds. The number of ether oxygens (including phenoxy) is 2. The van der Waals surface area contributed by atoms with E-state index in [1.165, 1.54) is 13.8 Å². The normalized spacial score (nSPS) is 37.3. The van der Waals surface area contributed by atoms with Crippen molar-refractivity contribution in [2.45, 2.75) is 37.8 Å². The summed E-state index contributed by atoms with van der Waals surface area (Å²) in [4.78, 5) is 25.5. The van der Waals surface area contributed by atoms with Gasteiger partial charge < -0.3 is 19.7 Å². The lowest BCUT2D eigenvalue weighted by molar-refractivity contribution is -0.728. The molecule has 2 N–H and O–H groups in total. The van der Waals surface area contributed by atoms with Crippen molar-refractivity contribution in [3.05, 3.63) is 21.3 Å². The smallest absolute Gasteiger partial charge is 0.330 e. The molecule has 0 aromatic carbocycles. The minimum Gasteiger partial charge on any atom is -0.388 e. The molecule has 112 valence electrons. The van der Waals surface area contributed by atoms with Gasteiger partial charge >= 0.3 is 11.1 Å². The van der Waals surface area contributed by atoms with E-state index in [1.807, 2.05) is 0 Å². The maximum absolute atomic E-state index is 11.5. The highest BCUT2D eigenvalue weighted by molar-refractivity contribution is 5.88. The van der Waals surface area contributed by atoms with Gasteiger partial charge in [0, 0.05) is 5.57 Å². The molecule has 2 heterocycles. The lowest BCUT2D eigenvalue weighted by Gasteiger charge is -2.28. The van der Waals surface area contributed by atoms with Crippen LogP contribution in [0.15, 0.2) is 11.1 Å². The predicted octanol–water partition coefficient (Wildman–Crippen LogP) is -1.05. The van der Waals surface area contributed by atoms with E-state index >= 15 is 0 Å². The maximum atomic E-state index is 11.5. The molecule has 0 aromatic heterocycles. The van der Waals surface area contributed by atoms with Crippen LogP contribution in [0, 0.1) is 10.1 Å². The Labute approximate surface area is 113 Å². The molecule has 0 saturated carbocycles. The van der Waals surface area contributed by atoms with Crippen LogP contribution in [0.2, 0.25) is 0 Å². The zero-order valence-electron chi connectivity index (χ0n) is 10.9. The maximum Gasteiger partial charge on any atom is 0.330 e. The average molecular weight is 289 g/mol. The molecule has 0 aliphatic carbocycles. The van der Waals surface area contributed by atoms with Gasteiger partial charge in [0.1, 0.15) is 23.9 Å². The SMILES string of the molecule is CC(C(=O)O[N+](=O)[O-])=C(C)[C@]1(O)CO[C@@H]2[C@@H](O)CO[C@@H]21. The van der Waals surface area contributed by atoms with Crippen LogP contribution < -0.4 is 0 Å². The van der Waals surface area contributed by atoms with E-state index in [1.54, 1.807) is 0 Å². The predicted molar refractivity (Wildman–Crippen MR) is 61.9 cm³/mol. The van der Waals surface area contributed by atoms with Crippen molar-refractivity contribution in [1.29, 1.82) is 0 Å². The molecule has 0 spiro atoms. The Morgan fingerprint density at radius 3 is 2.70 bits per heavy atom. The average Bonchev–Trinajstić information content (AvgIpc) is 2.90. The lowest BCUT2D eigenvalue weighted by Crippen LogP contribution is -2.45. The van der Waals surface area contributed by atoms with Crippen molar-refractivity contribution in [2.75, 3.05) is 13.2 Å². The Kier molecular flexibility index (Phi) is 3.78. The van der Waals surface area contributed by atoms with Crippen LogP contribution in [-0.2, 0) is 19.1 Å². The minimum absolute atomic E-state index is 0.0172. The van der Waals surface area contributed by atoms with Crippen molar-refractivity contribution < 1.29 is 34.4 Å². The third kappa shape index (κ3) is 2.29. The third-order valence-corrected chi connectivity index (χ3v) is 3.77. The van der Waals surface area contributed by atoms with Crippen LogP contribution in [0.3, 0.4) is 0 Å². The number of hydrogen-bond acceptors (Lipinski definition) is 8. The Balaban J connectivity index is 2.25. The summed E-state index contributed by atoms with van der Waals surface area (Å²) in [5.74, 6) is -1.16. The molecule has 0 aromatic rings. The van der Waals surface area contributed by atoms with Crippen LogP contribution in [-0.4, -0.2) is 58.4 Å². The van der Waals surface area contributed by atoms with Crippen LogP contribution >= 0.6 is 0 Å². The van der Waals surface area contributed by atoms with Crippen LogP contribution in [0.5, 0.6) is 0 Å². The number of rotatable bonds is 3. The van der Waals surface area contributed by atoms with E-state index in [-0.39, 0.29) is 24.4 Å². The first kappa shape index (κ1) is 14.9. The largest absolute Gasteiger partial charge is 0.388 e. The van der Waals surface area contributed by atoms with E-state index in [9.17, 15) is 25.1 Å². The van der Waals surface area contributed by atoms with Crippen molar-refractivity contribution in [1.82, 2.24) is 0 Å². The van der Waals surface area contributed by atoms with Gasteiger partial charge in [0.15, 0.2) is 0 Å². The first-order chi connectivity index (χ1) is 9.27. The summed E-state index contributed by atoms with van der Waals surface area (Å²) in [5.41, 5.74) is -1.56. The Morgan fingerprint density at radius 1 is 1.45 bits per heavy atom. The van der Waals surface area contributed by atoms with Crippen LogP contribution in [0.1, 0.15) is 13.8 Å². The summed E-state index contributed by atoms with van der Waals surface area (Å²) in [6, 6.07) is 0. The van der Waals surface area contributed by atoms with Gasteiger partial charge in [-0.15, -0.1) is 10.1 Å². The van der Waals surface area contributed by atoms with Gasteiger partial charge in [0.05, 0.1) is 13.2 Å². The first-order valence-corrected chi connectivity index (χ1v) is 5.95.